The molecular formula is C4H6Cl4O2. The van der Waals surface area contributed by atoms with Crippen LogP contribution in [0.1, 0.15) is 6.42 Å². The van der Waals surface area contributed by atoms with Crippen LogP contribution < -0.4 is 0 Å². The number of aliphatic hydroxyl groups excluding tert-OH is 1. The molecule has 0 bridgehead atoms. The molecule has 0 heterocycles. The maximum absolute atomic E-state index is 8.83. The van der Waals surface area contributed by atoms with Crippen molar-refractivity contribution < 1.29 is 10.2 Å². The van der Waals surface area contributed by atoms with E-state index in [4.69, 9.17) is 56.6 Å². The smallest absolute Gasteiger partial charge is 0.248 e. The summed E-state index contributed by atoms with van der Waals surface area (Å²) in [7, 11) is 0. The number of aliphatic hydroxyl groups is 2. The lowest BCUT2D eigenvalue weighted by Gasteiger charge is -2.26. The number of halogens is 4. The van der Waals surface area contributed by atoms with Gasteiger partial charge in [0.2, 0.25) is 4.52 Å². The maximum Gasteiger partial charge on any atom is 0.248 e. The van der Waals surface area contributed by atoms with Gasteiger partial charge in [0, 0.05) is 13.0 Å². The quantitative estimate of drug-likeness (QED) is 0.721. The zero-order chi connectivity index (χ0) is 8.41. The lowest BCUT2D eigenvalue weighted by atomic mass is 10.3. The molecule has 0 aliphatic heterocycles. The Kier molecular flexibility index (Phi) is 4.05. The summed E-state index contributed by atoms with van der Waals surface area (Å²) in [5.41, 5.74) is 0. The second-order valence-corrected chi connectivity index (χ2v) is 4.49. The summed E-state index contributed by atoms with van der Waals surface area (Å²) in [5, 5.41) is 17.2. The van der Waals surface area contributed by atoms with Gasteiger partial charge in [-0.05, 0) is 0 Å². The van der Waals surface area contributed by atoms with Crippen LogP contribution >= 0.6 is 46.4 Å². The summed E-state index contributed by atoms with van der Waals surface area (Å²) < 4.78 is -3.97. The molecule has 10 heavy (non-hydrogen) atoms. The molecule has 0 unspecified atom stereocenters. The molecule has 62 valence electrons. The molecular weight excluding hydrogens is 222 g/mol. The van der Waals surface area contributed by atoms with Crippen molar-refractivity contribution in [1.29, 1.82) is 0 Å². The van der Waals surface area contributed by atoms with Gasteiger partial charge in [0.15, 0.2) is 4.33 Å². The van der Waals surface area contributed by atoms with Crippen LogP contribution in [-0.4, -0.2) is 25.7 Å². The summed E-state index contributed by atoms with van der Waals surface area (Å²) in [6.45, 7) is -0.297. The third-order valence-corrected chi connectivity index (χ3v) is 2.82. The molecule has 0 aliphatic rings. The topological polar surface area (TPSA) is 40.5 Å². The van der Waals surface area contributed by atoms with E-state index in [1.165, 1.54) is 0 Å². The van der Waals surface area contributed by atoms with Gasteiger partial charge in [-0.2, -0.15) is 0 Å². The van der Waals surface area contributed by atoms with Gasteiger partial charge in [-0.1, -0.05) is 46.4 Å². The van der Waals surface area contributed by atoms with Crippen molar-refractivity contribution in [2.24, 2.45) is 0 Å². The van der Waals surface area contributed by atoms with Crippen LogP contribution in [0.25, 0.3) is 0 Å². The highest BCUT2D eigenvalue weighted by atomic mass is 35.5. The van der Waals surface area contributed by atoms with E-state index in [1.54, 1.807) is 0 Å². The minimum Gasteiger partial charge on any atom is -0.396 e. The molecule has 0 aromatic carbocycles. The third kappa shape index (κ3) is 2.99. The van der Waals surface area contributed by atoms with Gasteiger partial charge in [0.1, 0.15) is 0 Å². The molecule has 0 amide bonds. The van der Waals surface area contributed by atoms with Gasteiger partial charge in [-0.25, -0.2) is 0 Å². The Morgan fingerprint density at radius 2 is 1.50 bits per heavy atom. The van der Waals surface area contributed by atoms with Gasteiger partial charge in [-0.3, -0.25) is 0 Å². The van der Waals surface area contributed by atoms with Crippen molar-refractivity contribution in [3.05, 3.63) is 0 Å². The van der Waals surface area contributed by atoms with Crippen LogP contribution in [-0.2, 0) is 0 Å². The number of alkyl halides is 4. The van der Waals surface area contributed by atoms with Crippen molar-refractivity contribution in [3.8, 4) is 0 Å². The SMILES string of the molecule is OCCC(Cl)(Cl)C(O)(Cl)Cl. The Morgan fingerprint density at radius 1 is 1.10 bits per heavy atom. The van der Waals surface area contributed by atoms with Crippen LogP contribution in [0.5, 0.6) is 0 Å². The fourth-order valence-electron chi connectivity index (χ4n) is 0.291. The van der Waals surface area contributed by atoms with E-state index in [9.17, 15) is 0 Å². The van der Waals surface area contributed by atoms with E-state index in [2.05, 4.69) is 0 Å². The molecule has 6 heteroatoms. The van der Waals surface area contributed by atoms with Crippen molar-refractivity contribution in [3.63, 3.8) is 0 Å². The molecule has 0 radical (unpaired) electrons. The van der Waals surface area contributed by atoms with Gasteiger partial charge < -0.3 is 10.2 Å². The van der Waals surface area contributed by atoms with Crippen LogP contribution in [0.2, 0.25) is 0 Å². The molecule has 0 rings (SSSR count). The predicted octanol–water partition coefficient (Wildman–Crippen LogP) is 1.67. The molecule has 0 aromatic heterocycles. The second-order valence-electron chi connectivity index (χ2n) is 1.72. The Labute approximate surface area is 78.6 Å². The fourth-order valence-corrected chi connectivity index (χ4v) is 0.649. The van der Waals surface area contributed by atoms with Crippen LogP contribution in [0.15, 0.2) is 0 Å². The van der Waals surface area contributed by atoms with Gasteiger partial charge in [-0.15, -0.1) is 0 Å². The normalized spacial score (nSPS) is 13.8. The zero-order valence-corrected chi connectivity index (χ0v) is 7.84. The average Bonchev–Trinajstić information content (AvgIpc) is 1.61. The Hall–Kier alpha value is 1.08. The average molecular weight is 228 g/mol. The van der Waals surface area contributed by atoms with Gasteiger partial charge in [0.25, 0.3) is 0 Å². The van der Waals surface area contributed by atoms with Crippen molar-refractivity contribution in [1.82, 2.24) is 0 Å². The molecule has 0 fully saturated rings. The first kappa shape index (κ1) is 11.1. The molecule has 0 aromatic rings. The molecule has 0 spiro atoms. The Bertz CT molecular complexity index is 108. The van der Waals surface area contributed by atoms with Crippen LogP contribution in [0.3, 0.4) is 0 Å². The number of hydrogen-bond acceptors (Lipinski definition) is 2. The fraction of sp³-hybridized carbons (Fsp3) is 1.00. The van der Waals surface area contributed by atoms with E-state index in [0.717, 1.165) is 0 Å². The first-order chi connectivity index (χ1) is 4.31. The second kappa shape index (κ2) is 3.65. The highest BCUT2D eigenvalue weighted by Crippen LogP contribution is 2.42. The van der Waals surface area contributed by atoms with Crippen LogP contribution in [0, 0.1) is 0 Å². The molecule has 0 saturated carbocycles. The summed E-state index contributed by atoms with van der Waals surface area (Å²) in [4.78, 5) is 0. The summed E-state index contributed by atoms with van der Waals surface area (Å²) in [6.07, 6.45) is -0.0976. The minimum atomic E-state index is -2.24. The Morgan fingerprint density at radius 3 is 1.60 bits per heavy atom. The first-order valence-corrected chi connectivity index (χ1v) is 3.91. The van der Waals surface area contributed by atoms with Gasteiger partial charge >= 0.3 is 0 Å². The standard InChI is InChI=1S/C4H6Cl4O2/c5-3(6,1-2-9)4(7,8)10/h9-10H,1-2H2. The summed E-state index contributed by atoms with van der Waals surface area (Å²) in [6, 6.07) is 0. The van der Waals surface area contributed by atoms with E-state index < -0.39 is 8.85 Å². The van der Waals surface area contributed by atoms with Crippen LogP contribution in [0.4, 0.5) is 0 Å². The number of rotatable bonds is 3. The zero-order valence-electron chi connectivity index (χ0n) is 4.82. The summed E-state index contributed by atoms with van der Waals surface area (Å²) >= 11 is 21.1. The van der Waals surface area contributed by atoms with E-state index in [-0.39, 0.29) is 13.0 Å². The van der Waals surface area contributed by atoms with Crippen molar-refractivity contribution in [2.45, 2.75) is 15.3 Å². The first-order valence-electron chi connectivity index (χ1n) is 2.40. The van der Waals surface area contributed by atoms with E-state index in [1.807, 2.05) is 0 Å². The number of hydrogen-bond donors (Lipinski definition) is 2. The largest absolute Gasteiger partial charge is 0.396 e. The lowest BCUT2D eigenvalue weighted by molar-refractivity contribution is 0.172. The highest BCUT2D eigenvalue weighted by Gasteiger charge is 2.45. The molecule has 0 atom stereocenters. The van der Waals surface area contributed by atoms with Gasteiger partial charge in [0.05, 0.1) is 0 Å². The molecule has 2 nitrogen and oxygen atoms in total. The third-order valence-electron chi connectivity index (χ3n) is 0.866. The minimum absolute atomic E-state index is 0.0976. The maximum atomic E-state index is 8.83. The monoisotopic (exact) mass is 226 g/mol. The molecule has 0 aliphatic carbocycles. The molecule has 0 saturated heterocycles. The van der Waals surface area contributed by atoms with E-state index >= 15 is 0 Å². The van der Waals surface area contributed by atoms with Crippen molar-refractivity contribution in [2.75, 3.05) is 6.61 Å². The molecule has 2 N–H and O–H groups in total. The summed E-state index contributed by atoms with van der Waals surface area (Å²) in [5.74, 6) is 0. The lowest BCUT2D eigenvalue weighted by Crippen LogP contribution is -2.36. The highest BCUT2D eigenvalue weighted by molar-refractivity contribution is 6.61. The van der Waals surface area contributed by atoms with Crippen molar-refractivity contribution >= 4 is 46.4 Å². The predicted molar refractivity (Wildman–Crippen MR) is 42.8 cm³/mol. The van der Waals surface area contributed by atoms with E-state index in [0.29, 0.717) is 0 Å². The Balaban J connectivity index is 4.10.